The minimum Gasteiger partial charge on any atom is -0.384 e. The average Bonchev–Trinajstić information content (AvgIpc) is 2.42. The Morgan fingerprint density at radius 1 is 1.33 bits per heavy atom. The van der Waals surface area contributed by atoms with Crippen LogP contribution in [0.25, 0.3) is 0 Å². The van der Waals surface area contributed by atoms with Crippen LogP contribution in [0, 0.1) is 0 Å². The summed E-state index contributed by atoms with van der Waals surface area (Å²) in [5.74, 6) is 0. The van der Waals surface area contributed by atoms with E-state index in [4.69, 9.17) is 0 Å². The number of hydrogen-bond donors (Lipinski definition) is 2. The van der Waals surface area contributed by atoms with Crippen LogP contribution < -0.4 is 10.6 Å². The lowest BCUT2D eigenvalue weighted by Crippen LogP contribution is -2.47. The minimum absolute atomic E-state index is 0.655. The summed E-state index contributed by atoms with van der Waals surface area (Å²) in [6.45, 7) is 7.96. The molecule has 0 radical (unpaired) electrons. The third kappa shape index (κ3) is 3.97. The highest BCUT2D eigenvalue weighted by Crippen LogP contribution is 2.21. The molecule has 1 atom stereocenters. The highest BCUT2D eigenvalue weighted by molar-refractivity contribution is 9.10. The Labute approximate surface area is 118 Å². The summed E-state index contributed by atoms with van der Waals surface area (Å²) in [5.41, 5.74) is 1.19. The molecule has 4 heteroatoms. The van der Waals surface area contributed by atoms with Crippen LogP contribution in [0.1, 0.15) is 13.3 Å². The summed E-state index contributed by atoms with van der Waals surface area (Å²) in [6.07, 6.45) is 1.18. The molecule has 100 valence electrons. The van der Waals surface area contributed by atoms with Crippen molar-refractivity contribution in [2.75, 3.05) is 38.0 Å². The molecule has 1 aromatic carbocycles. The molecule has 3 nitrogen and oxygen atoms in total. The Morgan fingerprint density at radius 2 is 2.06 bits per heavy atom. The Morgan fingerprint density at radius 3 is 2.78 bits per heavy atom. The fourth-order valence-corrected chi connectivity index (χ4v) is 2.75. The first-order valence-corrected chi connectivity index (χ1v) is 7.50. The average molecular weight is 312 g/mol. The lowest BCUT2D eigenvalue weighted by Gasteiger charge is -2.32. The van der Waals surface area contributed by atoms with Gasteiger partial charge in [0.1, 0.15) is 0 Å². The highest BCUT2D eigenvalue weighted by atomic mass is 79.9. The lowest BCUT2D eigenvalue weighted by atomic mass is 10.1. The van der Waals surface area contributed by atoms with Gasteiger partial charge >= 0.3 is 0 Å². The minimum atomic E-state index is 0.655. The summed E-state index contributed by atoms with van der Waals surface area (Å²) in [5, 5.41) is 6.89. The van der Waals surface area contributed by atoms with E-state index in [1.807, 2.05) is 6.07 Å². The van der Waals surface area contributed by atoms with Gasteiger partial charge in [-0.05, 0) is 41.4 Å². The number of para-hydroxylation sites is 1. The van der Waals surface area contributed by atoms with Gasteiger partial charge in [0.15, 0.2) is 0 Å². The summed E-state index contributed by atoms with van der Waals surface area (Å²) in [7, 11) is 0. The maximum atomic E-state index is 3.56. The number of anilines is 1. The maximum absolute atomic E-state index is 3.56. The van der Waals surface area contributed by atoms with Crippen LogP contribution in [0.4, 0.5) is 5.69 Å². The van der Waals surface area contributed by atoms with Crippen LogP contribution in [0.5, 0.6) is 0 Å². The Kier molecular flexibility index (Phi) is 5.47. The van der Waals surface area contributed by atoms with E-state index >= 15 is 0 Å². The smallest absolute Gasteiger partial charge is 0.0484 e. The molecule has 1 aliphatic heterocycles. The summed E-state index contributed by atoms with van der Waals surface area (Å²) >= 11 is 3.56. The standard InChI is InChI=1S/C14H22BrN3/c1-12(18-10-8-16-9-11-18)6-7-17-14-5-3-2-4-13(14)15/h2-5,12,16-17H,6-11H2,1H3. The first kappa shape index (κ1) is 13.8. The SMILES string of the molecule is CC(CCNc1ccccc1Br)N1CCNCC1. The molecule has 1 heterocycles. The predicted octanol–water partition coefficient (Wildman–Crippen LogP) is 2.54. The predicted molar refractivity (Wildman–Crippen MR) is 81.2 cm³/mol. The van der Waals surface area contributed by atoms with E-state index in [2.05, 4.69) is 56.6 Å². The Balaban J connectivity index is 1.73. The monoisotopic (exact) mass is 311 g/mol. The molecule has 1 unspecified atom stereocenters. The van der Waals surface area contributed by atoms with Gasteiger partial charge in [-0.1, -0.05) is 12.1 Å². The molecule has 2 rings (SSSR count). The number of rotatable bonds is 5. The molecule has 2 N–H and O–H groups in total. The second kappa shape index (κ2) is 7.12. The fourth-order valence-electron chi connectivity index (χ4n) is 2.33. The molecule has 1 saturated heterocycles. The number of halogens is 1. The Hall–Kier alpha value is -0.580. The molecule has 1 aliphatic rings. The number of hydrogen-bond acceptors (Lipinski definition) is 3. The van der Waals surface area contributed by atoms with Crippen molar-refractivity contribution >= 4 is 21.6 Å². The van der Waals surface area contributed by atoms with Gasteiger partial charge in [-0.2, -0.15) is 0 Å². The van der Waals surface area contributed by atoms with Gasteiger partial charge in [-0.3, -0.25) is 4.90 Å². The number of nitrogens with one attached hydrogen (secondary N) is 2. The molecule has 18 heavy (non-hydrogen) atoms. The third-order valence-corrected chi connectivity index (χ3v) is 4.22. The zero-order valence-electron chi connectivity index (χ0n) is 11.0. The second-order valence-electron chi connectivity index (χ2n) is 4.83. The molecule has 0 spiro atoms. The molecule has 0 amide bonds. The topological polar surface area (TPSA) is 27.3 Å². The number of piperazine rings is 1. The molecule has 0 saturated carbocycles. The number of nitrogens with zero attached hydrogens (tertiary/aromatic N) is 1. The van der Waals surface area contributed by atoms with Crippen molar-refractivity contribution in [1.29, 1.82) is 0 Å². The van der Waals surface area contributed by atoms with Crippen LogP contribution >= 0.6 is 15.9 Å². The lowest BCUT2D eigenvalue weighted by molar-refractivity contribution is 0.179. The van der Waals surface area contributed by atoms with Gasteiger partial charge in [0, 0.05) is 48.9 Å². The van der Waals surface area contributed by atoms with Crippen LogP contribution in [0.3, 0.4) is 0 Å². The van der Waals surface area contributed by atoms with Crippen molar-refractivity contribution in [3.8, 4) is 0 Å². The molecule has 0 bridgehead atoms. The summed E-state index contributed by atoms with van der Waals surface area (Å²) in [4.78, 5) is 2.57. The van der Waals surface area contributed by atoms with E-state index in [0.717, 1.165) is 24.1 Å². The van der Waals surface area contributed by atoms with Crippen LogP contribution in [-0.2, 0) is 0 Å². The zero-order valence-corrected chi connectivity index (χ0v) is 12.5. The maximum Gasteiger partial charge on any atom is 0.0484 e. The summed E-state index contributed by atoms with van der Waals surface area (Å²) in [6, 6.07) is 8.94. The Bertz CT molecular complexity index is 364. The second-order valence-corrected chi connectivity index (χ2v) is 5.68. The van der Waals surface area contributed by atoms with Crippen molar-refractivity contribution in [2.24, 2.45) is 0 Å². The van der Waals surface area contributed by atoms with E-state index in [1.165, 1.54) is 25.2 Å². The normalized spacial score (nSPS) is 18.6. The van der Waals surface area contributed by atoms with Crippen LogP contribution in [0.2, 0.25) is 0 Å². The van der Waals surface area contributed by atoms with Gasteiger partial charge in [0.05, 0.1) is 0 Å². The van der Waals surface area contributed by atoms with E-state index in [0.29, 0.717) is 6.04 Å². The van der Waals surface area contributed by atoms with E-state index in [9.17, 15) is 0 Å². The largest absolute Gasteiger partial charge is 0.384 e. The van der Waals surface area contributed by atoms with Gasteiger partial charge in [0.2, 0.25) is 0 Å². The molecule has 1 fully saturated rings. The van der Waals surface area contributed by atoms with Gasteiger partial charge < -0.3 is 10.6 Å². The molecular weight excluding hydrogens is 290 g/mol. The van der Waals surface area contributed by atoms with Crippen molar-refractivity contribution in [3.63, 3.8) is 0 Å². The van der Waals surface area contributed by atoms with Gasteiger partial charge in [0.25, 0.3) is 0 Å². The molecule has 0 aliphatic carbocycles. The van der Waals surface area contributed by atoms with E-state index in [1.54, 1.807) is 0 Å². The van der Waals surface area contributed by atoms with E-state index in [-0.39, 0.29) is 0 Å². The van der Waals surface area contributed by atoms with Crippen molar-refractivity contribution in [2.45, 2.75) is 19.4 Å². The third-order valence-electron chi connectivity index (χ3n) is 3.53. The number of benzene rings is 1. The van der Waals surface area contributed by atoms with Crippen LogP contribution in [0.15, 0.2) is 28.7 Å². The summed E-state index contributed by atoms with van der Waals surface area (Å²) < 4.78 is 1.14. The quantitative estimate of drug-likeness (QED) is 0.875. The van der Waals surface area contributed by atoms with Crippen molar-refractivity contribution < 1.29 is 0 Å². The van der Waals surface area contributed by atoms with Crippen molar-refractivity contribution in [1.82, 2.24) is 10.2 Å². The fraction of sp³-hybridized carbons (Fsp3) is 0.571. The van der Waals surface area contributed by atoms with E-state index < -0.39 is 0 Å². The first-order valence-electron chi connectivity index (χ1n) is 6.70. The first-order chi connectivity index (χ1) is 8.77. The van der Waals surface area contributed by atoms with Gasteiger partial charge in [-0.25, -0.2) is 0 Å². The molecule has 1 aromatic rings. The highest BCUT2D eigenvalue weighted by Gasteiger charge is 2.15. The van der Waals surface area contributed by atoms with Crippen molar-refractivity contribution in [3.05, 3.63) is 28.7 Å². The molecular formula is C14H22BrN3. The molecule has 0 aromatic heterocycles. The van der Waals surface area contributed by atoms with Crippen LogP contribution in [-0.4, -0.2) is 43.7 Å². The van der Waals surface area contributed by atoms with Gasteiger partial charge in [-0.15, -0.1) is 0 Å². The zero-order chi connectivity index (χ0) is 12.8.